The Balaban J connectivity index is 2.53. The maximum atomic E-state index is 11.8. The highest BCUT2D eigenvalue weighted by atomic mass is 16.5. The summed E-state index contributed by atoms with van der Waals surface area (Å²) in [5, 5.41) is 11.7. The van der Waals surface area contributed by atoms with Crippen LogP contribution in [0.25, 0.3) is 0 Å². The first-order valence-electron chi connectivity index (χ1n) is 6.54. The molecule has 0 amide bonds. The van der Waals surface area contributed by atoms with Crippen molar-refractivity contribution >= 4 is 5.97 Å². The minimum absolute atomic E-state index is 0.324. The topological polar surface area (TPSA) is 49.8 Å². The van der Waals surface area contributed by atoms with Gasteiger partial charge in [-0.1, -0.05) is 6.07 Å². The average molecular weight is 263 g/mol. The van der Waals surface area contributed by atoms with Gasteiger partial charge in [-0.3, -0.25) is 0 Å². The Kier molecular flexibility index (Phi) is 3.19. The molecule has 19 heavy (non-hydrogen) atoms. The molecular formula is C15H21NO3. The smallest absolute Gasteiger partial charge is 0.338 e. The second-order valence-corrected chi connectivity index (χ2v) is 5.91. The molecule has 0 spiro atoms. The molecule has 2 rings (SSSR count). The van der Waals surface area contributed by atoms with Crippen LogP contribution in [-0.4, -0.2) is 22.8 Å². The number of carbonyl (C=O) groups excluding carboxylic acids is 1. The zero-order valence-electron chi connectivity index (χ0n) is 12.2. The van der Waals surface area contributed by atoms with Crippen LogP contribution in [-0.2, 0) is 15.8 Å². The molecular weight excluding hydrogens is 242 g/mol. The molecule has 4 heteroatoms. The Morgan fingerprint density at radius 2 is 1.79 bits per heavy atom. The number of benzene rings is 1. The molecule has 0 fully saturated rings. The van der Waals surface area contributed by atoms with E-state index in [4.69, 9.17) is 4.74 Å². The predicted molar refractivity (Wildman–Crippen MR) is 72.1 cm³/mol. The van der Waals surface area contributed by atoms with Gasteiger partial charge < -0.3 is 9.94 Å². The Hall–Kier alpha value is -1.39. The van der Waals surface area contributed by atoms with Gasteiger partial charge in [0, 0.05) is 0 Å². The second kappa shape index (κ2) is 4.32. The fourth-order valence-electron chi connectivity index (χ4n) is 2.85. The van der Waals surface area contributed by atoms with Crippen molar-refractivity contribution in [2.24, 2.45) is 0 Å². The van der Waals surface area contributed by atoms with Gasteiger partial charge in [0.2, 0.25) is 0 Å². The average Bonchev–Trinajstić information content (AvgIpc) is 2.49. The number of fused-ring (bicyclic) bond motifs is 1. The van der Waals surface area contributed by atoms with Crippen molar-refractivity contribution in [2.75, 3.05) is 6.61 Å². The third-order valence-corrected chi connectivity index (χ3v) is 3.91. The Bertz CT molecular complexity index is 520. The Morgan fingerprint density at radius 1 is 1.21 bits per heavy atom. The predicted octanol–water partition coefficient (Wildman–Crippen LogP) is 3.04. The van der Waals surface area contributed by atoms with Crippen molar-refractivity contribution in [3.8, 4) is 0 Å². The van der Waals surface area contributed by atoms with Crippen LogP contribution in [0, 0.1) is 0 Å². The number of nitrogens with zero attached hydrogens (tertiary/aromatic N) is 1. The van der Waals surface area contributed by atoms with Crippen LogP contribution in [0.2, 0.25) is 0 Å². The second-order valence-electron chi connectivity index (χ2n) is 5.91. The van der Waals surface area contributed by atoms with Crippen LogP contribution >= 0.6 is 0 Å². The van der Waals surface area contributed by atoms with E-state index in [0.29, 0.717) is 12.2 Å². The first kappa shape index (κ1) is 14.0. The monoisotopic (exact) mass is 263 g/mol. The van der Waals surface area contributed by atoms with Crippen molar-refractivity contribution in [1.29, 1.82) is 0 Å². The number of esters is 1. The van der Waals surface area contributed by atoms with Crippen molar-refractivity contribution in [3.63, 3.8) is 0 Å². The van der Waals surface area contributed by atoms with Crippen molar-refractivity contribution < 1.29 is 14.7 Å². The van der Waals surface area contributed by atoms with Crippen LogP contribution in [0.1, 0.15) is 56.1 Å². The Labute approximate surface area is 113 Å². The summed E-state index contributed by atoms with van der Waals surface area (Å²) in [7, 11) is 0. The summed E-state index contributed by atoms with van der Waals surface area (Å²) in [5.41, 5.74) is 1.53. The molecule has 104 valence electrons. The standard InChI is InChI=1S/C15H21NO3/c1-6-19-13(17)10-7-8-11-12(9-10)15(4,5)16(18)14(11,2)3/h7-9,18H,6H2,1-5H3. The molecule has 0 bridgehead atoms. The van der Waals surface area contributed by atoms with Gasteiger partial charge in [-0.15, -0.1) is 0 Å². The maximum Gasteiger partial charge on any atom is 0.338 e. The minimum Gasteiger partial charge on any atom is -0.462 e. The highest BCUT2D eigenvalue weighted by Crippen LogP contribution is 2.48. The normalized spacial score (nSPS) is 20.1. The van der Waals surface area contributed by atoms with E-state index in [1.807, 2.05) is 39.8 Å². The number of hydrogen-bond acceptors (Lipinski definition) is 4. The molecule has 1 aliphatic heterocycles. The molecule has 0 atom stereocenters. The van der Waals surface area contributed by atoms with Crippen LogP contribution in [0.4, 0.5) is 0 Å². The fraction of sp³-hybridized carbons (Fsp3) is 0.533. The molecule has 0 unspecified atom stereocenters. The van der Waals surface area contributed by atoms with Crippen molar-refractivity contribution in [1.82, 2.24) is 5.06 Å². The first-order valence-corrected chi connectivity index (χ1v) is 6.54. The van der Waals surface area contributed by atoms with E-state index in [1.165, 1.54) is 5.06 Å². The summed E-state index contributed by atoms with van der Waals surface area (Å²) in [6, 6.07) is 5.48. The molecule has 1 aromatic carbocycles. The molecule has 1 N–H and O–H groups in total. The molecule has 1 aromatic rings. The Morgan fingerprint density at radius 3 is 2.37 bits per heavy atom. The SMILES string of the molecule is CCOC(=O)c1ccc2c(c1)C(C)(C)N(O)C2(C)C. The fourth-order valence-corrected chi connectivity index (χ4v) is 2.85. The van der Waals surface area contributed by atoms with Crippen LogP contribution in [0.15, 0.2) is 18.2 Å². The molecule has 0 saturated carbocycles. The van der Waals surface area contributed by atoms with E-state index in [-0.39, 0.29) is 5.97 Å². The summed E-state index contributed by atoms with van der Waals surface area (Å²) in [5.74, 6) is -0.324. The molecule has 0 radical (unpaired) electrons. The summed E-state index contributed by atoms with van der Waals surface area (Å²) >= 11 is 0. The number of hydrogen-bond donors (Lipinski definition) is 1. The van der Waals surface area contributed by atoms with Gasteiger partial charge in [-0.2, -0.15) is 5.06 Å². The third kappa shape index (κ3) is 1.95. The lowest BCUT2D eigenvalue weighted by Crippen LogP contribution is -2.42. The van der Waals surface area contributed by atoms with Gasteiger partial charge in [0.25, 0.3) is 0 Å². The minimum atomic E-state index is -0.526. The zero-order valence-corrected chi connectivity index (χ0v) is 12.2. The molecule has 4 nitrogen and oxygen atoms in total. The largest absolute Gasteiger partial charge is 0.462 e. The van der Waals surface area contributed by atoms with E-state index in [9.17, 15) is 10.0 Å². The molecule has 0 aromatic heterocycles. The van der Waals surface area contributed by atoms with E-state index in [1.54, 1.807) is 13.0 Å². The van der Waals surface area contributed by atoms with E-state index in [0.717, 1.165) is 11.1 Å². The third-order valence-electron chi connectivity index (χ3n) is 3.91. The quantitative estimate of drug-likeness (QED) is 0.833. The van der Waals surface area contributed by atoms with Gasteiger partial charge in [-0.05, 0) is 57.9 Å². The lowest BCUT2D eigenvalue weighted by atomic mass is 9.89. The molecule has 1 heterocycles. The number of carbonyl (C=O) groups is 1. The summed E-state index contributed by atoms with van der Waals surface area (Å²) < 4.78 is 5.02. The van der Waals surface area contributed by atoms with Crippen LogP contribution < -0.4 is 0 Å². The van der Waals surface area contributed by atoms with Gasteiger partial charge in [0.1, 0.15) is 0 Å². The molecule has 0 aliphatic carbocycles. The summed E-state index contributed by atoms with van der Waals surface area (Å²) in [4.78, 5) is 11.8. The molecule has 1 aliphatic rings. The maximum absolute atomic E-state index is 11.8. The van der Waals surface area contributed by atoms with Gasteiger partial charge in [0.05, 0.1) is 23.2 Å². The zero-order chi connectivity index (χ0) is 14.4. The van der Waals surface area contributed by atoms with E-state index in [2.05, 4.69) is 0 Å². The first-order chi connectivity index (χ1) is 8.72. The van der Waals surface area contributed by atoms with E-state index < -0.39 is 11.1 Å². The lowest BCUT2D eigenvalue weighted by Gasteiger charge is -2.34. The lowest BCUT2D eigenvalue weighted by molar-refractivity contribution is -0.216. The van der Waals surface area contributed by atoms with Crippen molar-refractivity contribution in [3.05, 3.63) is 34.9 Å². The summed E-state index contributed by atoms with van der Waals surface area (Å²) in [6.07, 6.45) is 0. The highest BCUT2D eigenvalue weighted by molar-refractivity contribution is 5.90. The van der Waals surface area contributed by atoms with Crippen molar-refractivity contribution in [2.45, 2.75) is 45.7 Å². The number of rotatable bonds is 2. The van der Waals surface area contributed by atoms with Gasteiger partial charge in [-0.25, -0.2) is 4.79 Å². The molecule has 0 saturated heterocycles. The number of hydroxylamine groups is 2. The van der Waals surface area contributed by atoms with E-state index >= 15 is 0 Å². The van der Waals surface area contributed by atoms with Gasteiger partial charge >= 0.3 is 5.97 Å². The van der Waals surface area contributed by atoms with Crippen LogP contribution in [0.5, 0.6) is 0 Å². The van der Waals surface area contributed by atoms with Crippen LogP contribution in [0.3, 0.4) is 0 Å². The van der Waals surface area contributed by atoms with Gasteiger partial charge in [0.15, 0.2) is 0 Å². The number of ether oxygens (including phenoxy) is 1. The summed E-state index contributed by atoms with van der Waals surface area (Å²) in [6.45, 7) is 9.95. The highest BCUT2D eigenvalue weighted by Gasteiger charge is 2.48.